The van der Waals surface area contributed by atoms with E-state index in [0.29, 0.717) is 41.5 Å². The predicted octanol–water partition coefficient (Wildman–Crippen LogP) is 2.48. The van der Waals surface area contributed by atoms with Crippen LogP contribution in [0.5, 0.6) is 5.75 Å². The Labute approximate surface area is 136 Å². The van der Waals surface area contributed by atoms with E-state index in [1.807, 2.05) is 32.9 Å². The number of thiocarbonyl (C=S) groups is 1. The van der Waals surface area contributed by atoms with Crippen LogP contribution in [0.15, 0.2) is 18.2 Å². The summed E-state index contributed by atoms with van der Waals surface area (Å²) in [6, 6.07) is 5.44. The first-order chi connectivity index (χ1) is 10.4. The molecule has 5 nitrogen and oxygen atoms in total. The molecule has 1 aliphatic rings. The van der Waals surface area contributed by atoms with Crippen molar-refractivity contribution in [3.63, 3.8) is 0 Å². The number of para-hydroxylation sites is 1. The summed E-state index contributed by atoms with van der Waals surface area (Å²) in [4.78, 5) is 15.1. The second-order valence-corrected chi connectivity index (χ2v) is 6.19. The minimum Gasteiger partial charge on any atom is -0.475 e. The molecule has 1 atom stereocenters. The lowest BCUT2D eigenvalue weighted by molar-refractivity contribution is -0.136. The Morgan fingerprint density at radius 3 is 2.59 bits per heavy atom. The van der Waals surface area contributed by atoms with E-state index in [1.165, 1.54) is 0 Å². The van der Waals surface area contributed by atoms with Gasteiger partial charge in [0.1, 0.15) is 11.4 Å². The number of nitrogen functional groups attached to an aromatic ring is 1. The lowest BCUT2D eigenvalue weighted by atomic mass is 9.92. The first-order valence-electron chi connectivity index (χ1n) is 7.55. The van der Waals surface area contributed by atoms with E-state index in [9.17, 15) is 4.79 Å². The summed E-state index contributed by atoms with van der Waals surface area (Å²) in [5.41, 5.74) is 12.1. The van der Waals surface area contributed by atoms with Gasteiger partial charge in [-0.3, -0.25) is 4.79 Å². The number of anilines is 2. The number of carbonyl (C=O) groups excluding carboxylic acids is 1. The first-order valence-corrected chi connectivity index (χ1v) is 7.96. The SMILES string of the molecule is CCC1(CC)Oc2cccc(N)c2N(CC(C)C(N)=S)C1=O. The number of nitrogens with zero attached hydrogens (tertiary/aromatic N) is 1. The highest BCUT2D eigenvalue weighted by Crippen LogP contribution is 2.44. The summed E-state index contributed by atoms with van der Waals surface area (Å²) in [5.74, 6) is 0.459. The molecule has 0 bridgehead atoms. The molecule has 120 valence electrons. The van der Waals surface area contributed by atoms with Gasteiger partial charge in [-0.1, -0.05) is 39.1 Å². The van der Waals surface area contributed by atoms with Crippen molar-refractivity contribution in [2.24, 2.45) is 11.7 Å². The number of nitrogens with two attached hydrogens (primary N) is 2. The predicted molar refractivity (Wildman–Crippen MR) is 93.1 cm³/mol. The maximum atomic E-state index is 13.0. The molecular formula is C16H23N3O2S. The Morgan fingerprint density at radius 1 is 1.41 bits per heavy atom. The largest absolute Gasteiger partial charge is 0.475 e. The Morgan fingerprint density at radius 2 is 2.05 bits per heavy atom. The zero-order valence-corrected chi connectivity index (χ0v) is 14.1. The molecule has 0 radical (unpaired) electrons. The van der Waals surface area contributed by atoms with Gasteiger partial charge in [0.05, 0.1) is 10.7 Å². The highest BCUT2D eigenvalue weighted by atomic mass is 32.1. The van der Waals surface area contributed by atoms with Crippen LogP contribution in [0.1, 0.15) is 33.6 Å². The first kappa shape index (κ1) is 16.5. The van der Waals surface area contributed by atoms with Crippen LogP contribution in [0.4, 0.5) is 11.4 Å². The van der Waals surface area contributed by atoms with Gasteiger partial charge in [-0.25, -0.2) is 0 Å². The number of carbonyl (C=O) groups is 1. The molecule has 0 saturated heterocycles. The number of amides is 1. The number of ether oxygens (including phenoxy) is 1. The van der Waals surface area contributed by atoms with E-state index in [0.717, 1.165) is 0 Å². The van der Waals surface area contributed by atoms with Gasteiger partial charge < -0.3 is 21.1 Å². The third kappa shape index (κ3) is 2.63. The molecule has 1 aromatic rings. The fraction of sp³-hybridized carbons (Fsp3) is 0.500. The molecule has 0 aromatic heterocycles. The van der Waals surface area contributed by atoms with Crippen molar-refractivity contribution in [2.75, 3.05) is 17.2 Å². The van der Waals surface area contributed by atoms with Crippen molar-refractivity contribution < 1.29 is 9.53 Å². The molecule has 22 heavy (non-hydrogen) atoms. The monoisotopic (exact) mass is 321 g/mol. The Bertz CT molecular complexity index is 599. The summed E-state index contributed by atoms with van der Waals surface area (Å²) in [5, 5.41) is 0. The summed E-state index contributed by atoms with van der Waals surface area (Å²) in [6.45, 7) is 6.21. The summed E-state index contributed by atoms with van der Waals surface area (Å²) in [7, 11) is 0. The van der Waals surface area contributed by atoms with E-state index in [4.69, 9.17) is 28.4 Å². The van der Waals surface area contributed by atoms with Gasteiger partial charge in [-0.2, -0.15) is 0 Å². The number of benzene rings is 1. The van der Waals surface area contributed by atoms with Gasteiger partial charge in [0.2, 0.25) is 0 Å². The van der Waals surface area contributed by atoms with Crippen LogP contribution < -0.4 is 21.1 Å². The van der Waals surface area contributed by atoms with Crippen LogP contribution in [0.25, 0.3) is 0 Å². The second kappa shape index (κ2) is 6.12. The summed E-state index contributed by atoms with van der Waals surface area (Å²) in [6.07, 6.45) is 1.18. The summed E-state index contributed by atoms with van der Waals surface area (Å²) >= 11 is 5.05. The topological polar surface area (TPSA) is 81.6 Å². The van der Waals surface area contributed by atoms with Gasteiger partial charge in [0, 0.05) is 12.5 Å². The van der Waals surface area contributed by atoms with E-state index in [1.54, 1.807) is 11.0 Å². The highest BCUT2D eigenvalue weighted by molar-refractivity contribution is 7.80. The number of hydrogen-bond acceptors (Lipinski definition) is 4. The molecule has 1 heterocycles. The zero-order chi connectivity index (χ0) is 16.5. The fourth-order valence-corrected chi connectivity index (χ4v) is 2.82. The smallest absolute Gasteiger partial charge is 0.271 e. The highest BCUT2D eigenvalue weighted by Gasteiger charge is 2.46. The van der Waals surface area contributed by atoms with Gasteiger partial charge >= 0.3 is 0 Å². The van der Waals surface area contributed by atoms with Crippen LogP contribution in [0.2, 0.25) is 0 Å². The maximum absolute atomic E-state index is 13.0. The van der Waals surface area contributed by atoms with Crippen LogP contribution in [-0.2, 0) is 4.79 Å². The van der Waals surface area contributed by atoms with Crippen LogP contribution in [-0.4, -0.2) is 23.0 Å². The van der Waals surface area contributed by atoms with Crippen LogP contribution in [0.3, 0.4) is 0 Å². The fourth-order valence-electron chi connectivity index (χ4n) is 2.75. The quantitative estimate of drug-likeness (QED) is 0.643. The number of rotatable bonds is 5. The van der Waals surface area contributed by atoms with Crippen molar-refractivity contribution in [3.8, 4) is 5.75 Å². The van der Waals surface area contributed by atoms with Gasteiger partial charge in [-0.15, -0.1) is 0 Å². The standard InChI is InChI=1S/C16H23N3O2S/c1-4-16(5-2)15(20)19(9-10(3)14(18)22)13-11(17)7-6-8-12(13)21-16/h6-8,10H,4-5,9,17H2,1-3H3,(H2,18,22). The van der Waals surface area contributed by atoms with Crippen molar-refractivity contribution >= 4 is 34.5 Å². The van der Waals surface area contributed by atoms with Crippen molar-refractivity contribution in [2.45, 2.75) is 39.2 Å². The van der Waals surface area contributed by atoms with Gasteiger partial charge in [0.25, 0.3) is 5.91 Å². The normalized spacial score (nSPS) is 17.6. The number of hydrogen-bond donors (Lipinski definition) is 2. The third-order valence-electron chi connectivity index (χ3n) is 4.32. The minimum absolute atomic E-state index is 0.0778. The molecule has 1 aliphatic heterocycles. The average molecular weight is 321 g/mol. The zero-order valence-electron chi connectivity index (χ0n) is 13.3. The Kier molecular flexibility index (Phi) is 4.60. The van der Waals surface area contributed by atoms with Gasteiger partial charge in [0.15, 0.2) is 5.60 Å². The van der Waals surface area contributed by atoms with E-state index in [2.05, 4.69) is 0 Å². The molecule has 2 rings (SSSR count). The van der Waals surface area contributed by atoms with Crippen LogP contribution >= 0.6 is 12.2 Å². The van der Waals surface area contributed by atoms with E-state index < -0.39 is 5.60 Å². The minimum atomic E-state index is -0.850. The van der Waals surface area contributed by atoms with Crippen molar-refractivity contribution in [1.82, 2.24) is 0 Å². The molecule has 4 N–H and O–H groups in total. The molecule has 0 aliphatic carbocycles. The molecule has 0 saturated carbocycles. The molecule has 6 heteroatoms. The lowest BCUT2D eigenvalue weighted by Gasteiger charge is -2.43. The molecule has 1 unspecified atom stereocenters. The third-order valence-corrected chi connectivity index (χ3v) is 4.73. The van der Waals surface area contributed by atoms with Crippen LogP contribution in [0, 0.1) is 5.92 Å². The molecule has 1 aromatic carbocycles. The van der Waals surface area contributed by atoms with E-state index >= 15 is 0 Å². The second-order valence-electron chi connectivity index (χ2n) is 5.72. The van der Waals surface area contributed by atoms with Crippen molar-refractivity contribution in [3.05, 3.63) is 18.2 Å². The maximum Gasteiger partial charge on any atom is 0.271 e. The Balaban J connectivity index is 2.53. The molecule has 0 spiro atoms. The number of fused-ring (bicyclic) bond motifs is 1. The summed E-state index contributed by atoms with van der Waals surface area (Å²) < 4.78 is 6.05. The van der Waals surface area contributed by atoms with E-state index in [-0.39, 0.29) is 11.8 Å². The lowest BCUT2D eigenvalue weighted by Crippen LogP contribution is -2.57. The average Bonchev–Trinajstić information content (AvgIpc) is 2.49. The van der Waals surface area contributed by atoms with Crippen molar-refractivity contribution in [1.29, 1.82) is 0 Å². The molecule has 0 fully saturated rings. The Hall–Kier alpha value is -1.82. The molecular weight excluding hydrogens is 298 g/mol. The molecule has 1 amide bonds. The van der Waals surface area contributed by atoms with Gasteiger partial charge in [-0.05, 0) is 25.0 Å².